The van der Waals surface area contributed by atoms with Gasteiger partial charge in [0.1, 0.15) is 18.8 Å². The van der Waals surface area contributed by atoms with Gasteiger partial charge in [-0.15, -0.1) is 0 Å². The van der Waals surface area contributed by atoms with Crippen LogP contribution in [0.15, 0.2) is 40.9 Å². The zero-order chi connectivity index (χ0) is 18.2. The summed E-state index contributed by atoms with van der Waals surface area (Å²) in [5, 5.41) is 7.72. The molecule has 0 bridgehead atoms. The molecule has 0 saturated carbocycles. The molecule has 1 aromatic rings. The van der Waals surface area contributed by atoms with Gasteiger partial charge in [-0.3, -0.25) is 4.79 Å². The van der Waals surface area contributed by atoms with Crippen molar-refractivity contribution in [2.75, 3.05) is 12.3 Å². The second-order valence-corrected chi connectivity index (χ2v) is 7.30. The number of anilines is 1. The lowest BCUT2D eigenvalue weighted by Crippen LogP contribution is -2.52. The van der Waals surface area contributed by atoms with E-state index in [1.165, 1.54) is 0 Å². The van der Waals surface area contributed by atoms with Crippen LogP contribution in [0.1, 0.15) is 39.7 Å². The minimum atomic E-state index is -0.537. The molecule has 2 aliphatic rings. The lowest BCUT2D eigenvalue weighted by Gasteiger charge is -2.38. The molecule has 7 nitrogen and oxygen atoms in total. The first-order chi connectivity index (χ1) is 11.8. The van der Waals surface area contributed by atoms with Gasteiger partial charge >= 0.3 is 0 Å². The highest BCUT2D eigenvalue weighted by Crippen LogP contribution is 2.34. The third kappa shape index (κ3) is 3.07. The predicted octanol–water partition coefficient (Wildman–Crippen LogP) is 1.85. The molecule has 0 fully saturated rings. The summed E-state index contributed by atoms with van der Waals surface area (Å²) >= 11 is 0. The van der Waals surface area contributed by atoms with E-state index in [1.54, 1.807) is 18.6 Å². The van der Waals surface area contributed by atoms with E-state index in [0.717, 1.165) is 16.7 Å². The highest BCUT2D eigenvalue weighted by atomic mass is 16.2. The number of nitrogens with zero attached hydrogens (tertiary/aromatic N) is 4. The van der Waals surface area contributed by atoms with Gasteiger partial charge in [-0.1, -0.05) is 10.7 Å². The van der Waals surface area contributed by atoms with Crippen LogP contribution in [0.5, 0.6) is 0 Å². The lowest BCUT2D eigenvalue weighted by atomic mass is 9.82. The van der Waals surface area contributed by atoms with Crippen LogP contribution in [0.2, 0.25) is 0 Å². The van der Waals surface area contributed by atoms with Gasteiger partial charge in [-0.05, 0) is 34.1 Å². The molecule has 0 saturated heterocycles. The number of nitrogen functional groups attached to an aromatic ring is 1. The van der Waals surface area contributed by atoms with Crippen molar-refractivity contribution in [3.63, 3.8) is 0 Å². The summed E-state index contributed by atoms with van der Waals surface area (Å²) in [6.07, 6.45) is 9.83. The molecule has 1 aromatic heterocycles. The number of hydrogen-bond donors (Lipinski definition) is 2. The van der Waals surface area contributed by atoms with Crippen LogP contribution in [0.4, 0.5) is 5.95 Å². The Morgan fingerprint density at radius 3 is 2.56 bits per heavy atom. The van der Waals surface area contributed by atoms with Crippen molar-refractivity contribution in [3.8, 4) is 0 Å². The van der Waals surface area contributed by atoms with Gasteiger partial charge in [-0.25, -0.2) is 9.97 Å². The van der Waals surface area contributed by atoms with Crippen molar-refractivity contribution in [3.05, 3.63) is 41.4 Å². The molecule has 0 spiro atoms. The fourth-order valence-electron chi connectivity index (χ4n) is 3.43. The number of nitrogens with two attached hydrogens (primary N) is 1. The Bertz CT molecular complexity index is 765. The molecule has 3 rings (SSSR count). The summed E-state index contributed by atoms with van der Waals surface area (Å²) in [6, 6.07) is 0.252. The van der Waals surface area contributed by atoms with E-state index >= 15 is 0 Å². The van der Waals surface area contributed by atoms with E-state index < -0.39 is 5.54 Å². The van der Waals surface area contributed by atoms with Crippen LogP contribution in [0, 0.1) is 0 Å². The van der Waals surface area contributed by atoms with Gasteiger partial charge in [0.05, 0.1) is 17.3 Å². The topological polar surface area (TPSA) is 93.3 Å². The normalized spacial score (nSPS) is 28.8. The maximum absolute atomic E-state index is 12.9. The second-order valence-electron chi connectivity index (χ2n) is 7.30. The predicted molar refractivity (Wildman–Crippen MR) is 97.2 cm³/mol. The molecule has 0 aromatic carbocycles. The number of aromatic nitrogens is 2. The van der Waals surface area contributed by atoms with E-state index in [4.69, 9.17) is 5.73 Å². The number of quaternary nitrogens is 1. The van der Waals surface area contributed by atoms with Crippen LogP contribution in [0.3, 0.4) is 0 Å². The monoisotopic (exact) mass is 341 g/mol. The van der Waals surface area contributed by atoms with Crippen molar-refractivity contribution in [2.45, 2.75) is 45.7 Å². The van der Waals surface area contributed by atoms with Crippen molar-refractivity contribution < 1.29 is 9.39 Å². The number of nitrogens with one attached hydrogen (secondary N) is 1. The number of amides is 1. The van der Waals surface area contributed by atoms with Crippen molar-refractivity contribution >= 4 is 18.1 Å². The van der Waals surface area contributed by atoms with E-state index in [0.29, 0.717) is 17.6 Å². The first-order valence-electron chi connectivity index (χ1n) is 8.46. The van der Waals surface area contributed by atoms with Gasteiger partial charge in [0.15, 0.2) is 0 Å². The van der Waals surface area contributed by atoms with Crippen LogP contribution >= 0.6 is 0 Å². The zero-order valence-electron chi connectivity index (χ0n) is 15.2. The molecule has 132 valence electrons. The maximum atomic E-state index is 12.9. The molecule has 0 aliphatic carbocycles. The Morgan fingerprint density at radius 2 is 2.04 bits per heavy atom. The summed E-state index contributed by atoms with van der Waals surface area (Å²) < 4.78 is 0.418. The Kier molecular flexibility index (Phi) is 4.20. The Labute approximate surface area is 147 Å². The molecule has 2 unspecified atom stereocenters. The van der Waals surface area contributed by atoms with Gasteiger partial charge in [0.25, 0.3) is 5.91 Å². The number of carbonyl (C=O) groups is 1. The zero-order valence-corrected chi connectivity index (χ0v) is 15.2. The minimum Gasteiger partial charge on any atom is -0.368 e. The van der Waals surface area contributed by atoms with Crippen molar-refractivity contribution in [1.82, 2.24) is 15.3 Å². The summed E-state index contributed by atoms with van der Waals surface area (Å²) in [4.78, 5) is 21.0. The van der Waals surface area contributed by atoms with E-state index in [1.807, 2.05) is 26.1 Å². The third-order valence-electron chi connectivity index (χ3n) is 5.12. The molecule has 7 heteroatoms. The smallest absolute Gasteiger partial charge is 0.253 e. The highest BCUT2D eigenvalue weighted by Gasteiger charge is 2.41. The van der Waals surface area contributed by atoms with Gasteiger partial charge in [0, 0.05) is 24.0 Å². The standard InChI is InChI=1S/C18H24N6O/c1-12(2)24(7-5-6-22-24)11-15-13(3)8-18(4,23-16(15)25)14-9-20-17(19)21-10-14/h5-7,9-10,12H,8,11H2,1-4H3,(H2-,19,20,21,23,25)/p+1. The van der Waals surface area contributed by atoms with Crippen LogP contribution in [0.25, 0.3) is 0 Å². The van der Waals surface area contributed by atoms with Gasteiger partial charge in [-0.2, -0.15) is 4.59 Å². The lowest BCUT2D eigenvalue weighted by molar-refractivity contribution is -0.899. The highest BCUT2D eigenvalue weighted by molar-refractivity contribution is 5.96. The molecule has 3 heterocycles. The molecule has 2 aliphatic heterocycles. The van der Waals surface area contributed by atoms with E-state index in [9.17, 15) is 4.79 Å². The fraction of sp³-hybridized carbons (Fsp3) is 0.444. The quantitative estimate of drug-likeness (QED) is 0.817. The van der Waals surface area contributed by atoms with Crippen LogP contribution in [-0.2, 0) is 10.3 Å². The summed E-state index contributed by atoms with van der Waals surface area (Å²) in [7, 11) is 0. The average molecular weight is 341 g/mol. The fourth-order valence-corrected chi connectivity index (χ4v) is 3.43. The largest absolute Gasteiger partial charge is 0.368 e. The molecule has 0 radical (unpaired) electrons. The van der Waals surface area contributed by atoms with Gasteiger partial charge < -0.3 is 11.1 Å². The second kappa shape index (κ2) is 6.07. The molecular formula is C18H25N6O+. The number of carbonyl (C=O) groups excluding carboxylic acids is 1. The molecular weight excluding hydrogens is 316 g/mol. The van der Waals surface area contributed by atoms with Crippen molar-refractivity contribution in [2.24, 2.45) is 5.10 Å². The number of allylic oxidation sites excluding steroid dienone is 1. The van der Waals surface area contributed by atoms with E-state index in [-0.39, 0.29) is 17.9 Å². The molecule has 2 atom stereocenters. The third-order valence-corrected chi connectivity index (χ3v) is 5.12. The minimum absolute atomic E-state index is 0.0586. The van der Waals surface area contributed by atoms with E-state index in [2.05, 4.69) is 34.2 Å². The first-order valence-corrected chi connectivity index (χ1v) is 8.46. The molecule has 25 heavy (non-hydrogen) atoms. The van der Waals surface area contributed by atoms with Crippen LogP contribution < -0.4 is 11.1 Å². The average Bonchev–Trinajstić information content (AvgIpc) is 3.01. The van der Waals surface area contributed by atoms with Gasteiger partial charge in [0.2, 0.25) is 5.95 Å². The Balaban J connectivity index is 1.91. The Hall–Kier alpha value is -2.54. The Morgan fingerprint density at radius 1 is 1.36 bits per heavy atom. The summed E-state index contributed by atoms with van der Waals surface area (Å²) in [6.45, 7) is 8.78. The number of rotatable bonds is 4. The summed E-state index contributed by atoms with van der Waals surface area (Å²) in [5.74, 6) is 0.168. The van der Waals surface area contributed by atoms with Crippen LogP contribution in [-0.4, -0.2) is 39.3 Å². The molecule has 1 amide bonds. The first kappa shape index (κ1) is 17.3. The molecule has 3 N–H and O–H groups in total. The maximum Gasteiger partial charge on any atom is 0.253 e. The SMILES string of the molecule is CC1=C(C[N+]2(C(C)C)C=CC=N2)C(=O)NC(C)(c2cnc(N)nc2)C1. The van der Waals surface area contributed by atoms with Crippen molar-refractivity contribution in [1.29, 1.82) is 0 Å². The summed E-state index contributed by atoms with van der Waals surface area (Å²) in [5.41, 5.74) is 7.74. The number of hydrogen-bond acceptors (Lipinski definition) is 5.